The Morgan fingerprint density at radius 3 is 2.62 bits per heavy atom. The highest BCUT2D eigenvalue weighted by Crippen LogP contribution is 2.37. The number of benzene rings is 1. The second-order valence-corrected chi connectivity index (χ2v) is 4.77. The lowest BCUT2D eigenvalue weighted by Gasteiger charge is -2.38. The van der Waals surface area contributed by atoms with Gasteiger partial charge in [0.15, 0.2) is 0 Å². The maximum absolute atomic E-state index is 13.2. The van der Waals surface area contributed by atoms with Gasteiger partial charge in [-0.15, -0.1) is 0 Å². The molecule has 0 aromatic heterocycles. The molecule has 1 aliphatic carbocycles. The van der Waals surface area contributed by atoms with E-state index in [4.69, 9.17) is 5.73 Å². The minimum absolute atomic E-state index is 0.135. The Kier molecular flexibility index (Phi) is 3.26. The van der Waals surface area contributed by atoms with E-state index < -0.39 is 0 Å². The third-order valence-corrected chi connectivity index (χ3v) is 3.53. The number of aryl methyl sites for hydroxylation is 1. The molecule has 1 saturated carbocycles. The van der Waals surface area contributed by atoms with Gasteiger partial charge in [0.1, 0.15) is 5.82 Å². The molecule has 3 N–H and O–H groups in total. The first-order chi connectivity index (χ1) is 7.61. The fourth-order valence-corrected chi connectivity index (χ4v) is 2.52. The van der Waals surface area contributed by atoms with Crippen molar-refractivity contribution in [3.63, 3.8) is 0 Å². The Bertz CT molecular complexity index is 372. The van der Waals surface area contributed by atoms with Crippen LogP contribution in [0, 0.1) is 18.7 Å². The van der Waals surface area contributed by atoms with Crippen LogP contribution in [0.4, 0.5) is 4.39 Å². The first-order valence-electron chi connectivity index (χ1n) is 5.80. The number of rotatable bonds is 3. The molecule has 0 spiro atoms. The monoisotopic (exact) mass is 222 g/mol. The minimum Gasteiger partial charge on any atom is -0.328 e. The first-order valence-corrected chi connectivity index (χ1v) is 5.80. The molecule has 1 aliphatic rings. The van der Waals surface area contributed by atoms with Crippen LogP contribution in [0.2, 0.25) is 0 Å². The Morgan fingerprint density at radius 1 is 1.44 bits per heavy atom. The lowest BCUT2D eigenvalue weighted by Crippen LogP contribution is -2.42. The van der Waals surface area contributed by atoms with Gasteiger partial charge in [-0.1, -0.05) is 12.1 Å². The summed E-state index contributed by atoms with van der Waals surface area (Å²) in [5.74, 6) is 0.453. The number of nitrogens with one attached hydrogen (secondary N) is 1. The van der Waals surface area contributed by atoms with Gasteiger partial charge < -0.3 is 11.1 Å². The number of hydrogen-bond acceptors (Lipinski definition) is 2. The zero-order valence-electron chi connectivity index (χ0n) is 9.83. The predicted octanol–water partition coefficient (Wildman–Crippen LogP) is 2.13. The zero-order valence-corrected chi connectivity index (χ0v) is 9.83. The predicted molar refractivity (Wildman–Crippen MR) is 63.6 cm³/mol. The van der Waals surface area contributed by atoms with Crippen LogP contribution in [-0.2, 0) is 0 Å². The van der Waals surface area contributed by atoms with E-state index in [1.807, 2.05) is 19.2 Å². The third-order valence-electron chi connectivity index (χ3n) is 3.53. The maximum Gasteiger partial charge on any atom is 0.126 e. The van der Waals surface area contributed by atoms with Gasteiger partial charge in [-0.3, -0.25) is 0 Å². The topological polar surface area (TPSA) is 38.0 Å². The van der Waals surface area contributed by atoms with E-state index in [2.05, 4.69) is 5.32 Å². The van der Waals surface area contributed by atoms with E-state index in [0.717, 1.165) is 12.8 Å². The summed E-state index contributed by atoms with van der Waals surface area (Å²) in [5, 5.41) is 3.31. The summed E-state index contributed by atoms with van der Waals surface area (Å²) in [6.45, 7) is 1.80. The summed E-state index contributed by atoms with van der Waals surface area (Å²) in [4.78, 5) is 0. The fourth-order valence-electron chi connectivity index (χ4n) is 2.52. The van der Waals surface area contributed by atoms with E-state index in [1.54, 1.807) is 13.0 Å². The molecule has 1 aromatic rings. The molecule has 2 nitrogen and oxygen atoms in total. The molecule has 3 heteroatoms. The van der Waals surface area contributed by atoms with Crippen molar-refractivity contribution in [2.75, 3.05) is 7.05 Å². The molecule has 0 radical (unpaired) electrons. The molecule has 1 atom stereocenters. The molecule has 0 aliphatic heterocycles. The molecular weight excluding hydrogens is 203 g/mol. The average molecular weight is 222 g/mol. The lowest BCUT2D eigenvalue weighted by molar-refractivity contribution is 0.204. The molecular formula is C13H19FN2. The fraction of sp³-hybridized carbons (Fsp3) is 0.538. The van der Waals surface area contributed by atoms with Crippen LogP contribution in [-0.4, -0.2) is 13.1 Å². The number of halogens is 1. The summed E-state index contributed by atoms with van der Waals surface area (Å²) in [7, 11) is 1.95. The maximum atomic E-state index is 13.2. The van der Waals surface area contributed by atoms with E-state index in [0.29, 0.717) is 23.6 Å². The zero-order chi connectivity index (χ0) is 11.7. The van der Waals surface area contributed by atoms with Gasteiger partial charge in [-0.05, 0) is 49.9 Å². The summed E-state index contributed by atoms with van der Waals surface area (Å²) in [6.07, 6.45) is 2.11. The molecule has 2 rings (SSSR count). The van der Waals surface area contributed by atoms with E-state index in [-0.39, 0.29) is 5.82 Å². The second kappa shape index (κ2) is 4.52. The Morgan fingerprint density at radius 2 is 2.12 bits per heavy atom. The molecule has 1 aromatic carbocycles. The molecule has 0 amide bonds. The number of nitrogens with two attached hydrogens (primary N) is 1. The summed E-state index contributed by atoms with van der Waals surface area (Å²) < 4.78 is 13.2. The van der Waals surface area contributed by atoms with Crippen LogP contribution in [0.25, 0.3) is 0 Å². The Labute approximate surface area is 96.0 Å². The highest BCUT2D eigenvalue weighted by Gasteiger charge is 2.32. The molecule has 0 heterocycles. The van der Waals surface area contributed by atoms with Gasteiger partial charge in [0.05, 0.1) is 0 Å². The third kappa shape index (κ3) is 2.11. The second-order valence-electron chi connectivity index (χ2n) is 4.77. The quantitative estimate of drug-likeness (QED) is 0.822. The van der Waals surface area contributed by atoms with Gasteiger partial charge in [0, 0.05) is 12.1 Å². The van der Waals surface area contributed by atoms with Crippen LogP contribution < -0.4 is 11.1 Å². The molecule has 16 heavy (non-hydrogen) atoms. The Balaban J connectivity index is 2.17. The number of hydrogen-bond donors (Lipinski definition) is 2. The van der Waals surface area contributed by atoms with Crippen molar-refractivity contribution in [1.29, 1.82) is 0 Å². The van der Waals surface area contributed by atoms with Crippen molar-refractivity contribution in [3.05, 3.63) is 35.1 Å². The van der Waals surface area contributed by atoms with Crippen molar-refractivity contribution in [3.8, 4) is 0 Å². The minimum atomic E-state index is -0.135. The van der Waals surface area contributed by atoms with Gasteiger partial charge in [0.2, 0.25) is 0 Å². The standard InChI is InChI=1S/C13H19FN2/c1-8-5-9(3-4-12(8)14)13(16-2)10-6-11(15)7-10/h3-5,10-11,13,16H,6-7,15H2,1-2H3. The summed E-state index contributed by atoms with van der Waals surface area (Å²) in [5.41, 5.74) is 7.68. The van der Waals surface area contributed by atoms with Crippen molar-refractivity contribution >= 4 is 0 Å². The van der Waals surface area contributed by atoms with Gasteiger partial charge >= 0.3 is 0 Å². The first kappa shape index (κ1) is 11.6. The van der Waals surface area contributed by atoms with E-state index in [9.17, 15) is 4.39 Å². The van der Waals surface area contributed by atoms with Crippen LogP contribution in [0.15, 0.2) is 18.2 Å². The molecule has 0 saturated heterocycles. The van der Waals surface area contributed by atoms with E-state index in [1.165, 1.54) is 5.56 Å². The molecule has 1 unspecified atom stereocenters. The SMILES string of the molecule is CNC(c1ccc(F)c(C)c1)C1CC(N)C1. The van der Waals surface area contributed by atoms with Crippen LogP contribution >= 0.6 is 0 Å². The average Bonchev–Trinajstić information content (AvgIpc) is 2.22. The van der Waals surface area contributed by atoms with E-state index >= 15 is 0 Å². The van der Waals surface area contributed by atoms with Gasteiger partial charge in [-0.25, -0.2) is 4.39 Å². The van der Waals surface area contributed by atoms with Crippen LogP contribution in [0.1, 0.15) is 30.0 Å². The van der Waals surface area contributed by atoms with Crippen molar-refractivity contribution in [2.24, 2.45) is 11.7 Å². The highest BCUT2D eigenvalue weighted by molar-refractivity contribution is 5.27. The molecule has 88 valence electrons. The summed E-state index contributed by atoms with van der Waals surface area (Å²) in [6, 6.07) is 6.00. The van der Waals surface area contributed by atoms with Crippen LogP contribution in [0.5, 0.6) is 0 Å². The molecule has 0 bridgehead atoms. The smallest absolute Gasteiger partial charge is 0.126 e. The van der Waals surface area contributed by atoms with Crippen molar-refractivity contribution < 1.29 is 4.39 Å². The Hall–Kier alpha value is -0.930. The van der Waals surface area contributed by atoms with Gasteiger partial charge in [0.25, 0.3) is 0 Å². The highest BCUT2D eigenvalue weighted by atomic mass is 19.1. The molecule has 1 fully saturated rings. The van der Waals surface area contributed by atoms with Crippen molar-refractivity contribution in [2.45, 2.75) is 31.8 Å². The van der Waals surface area contributed by atoms with Crippen LogP contribution in [0.3, 0.4) is 0 Å². The normalized spacial score (nSPS) is 26.2. The lowest BCUT2D eigenvalue weighted by atomic mass is 9.74. The van der Waals surface area contributed by atoms with Crippen molar-refractivity contribution in [1.82, 2.24) is 5.32 Å². The summed E-state index contributed by atoms with van der Waals surface area (Å²) >= 11 is 0. The largest absolute Gasteiger partial charge is 0.328 e. The van der Waals surface area contributed by atoms with Gasteiger partial charge in [-0.2, -0.15) is 0 Å².